The van der Waals surface area contributed by atoms with E-state index < -0.39 is 0 Å². The van der Waals surface area contributed by atoms with Gasteiger partial charge in [-0.15, -0.1) is 11.8 Å². The molecule has 0 amide bonds. The second kappa shape index (κ2) is 7.28. The third-order valence-corrected chi connectivity index (χ3v) is 4.28. The monoisotopic (exact) mass is 345 g/mol. The van der Waals surface area contributed by atoms with Crippen LogP contribution in [0.5, 0.6) is 0 Å². The van der Waals surface area contributed by atoms with Crippen LogP contribution in [0.15, 0.2) is 53.0 Å². The lowest BCUT2D eigenvalue weighted by Gasteiger charge is -2.03. The van der Waals surface area contributed by atoms with Crippen molar-refractivity contribution in [2.75, 3.05) is 5.75 Å². The highest BCUT2D eigenvalue weighted by Crippen LogP contribution is 2.16. The number of hydrogen-bond acceptors (Lipinski definition) is 3. The molecule has 2 rings (SSSR count). The minimum absolute atomic E-state index is 0.135. The molecule has 0 radical (unpaired) electrons. The van der Waals surface area contributed by atoms with Crippen molar-refractivity contribution in [3.05, 3.63) is 69.7 Å². The molecule has 0 spiro atoms. The van der Waals surface area contributed by atoms with Crippen molar-refractivity contribution >= 4 is 33.5 Å². The predicted molar refractivity (Wildman–Crippen MR) is 85.8 cm³/mol. The summed E-state index contributed by atoms with van der Waals surface area (Å²) in [4.78, 5) is 12.0. The lowest BCUT2D eigenvalue weighted by molar-refractivity contribution is 0.102. The second-order valence-corrected chi connectivity index (χ2v) is 6.13. The number of rotatable bonds is 5. The van der Waals surface area contributed by atoms with Gasteiger partial charge in [-0.25, -0.2) is 0 Å². The number of carbonyl (C=O) groups excluding carboxylic acids is 1. The third kappa shape index (κ3) is 4.22. The quantitative estimate of drug-likeness (QED) is 0.752. The number of carbonyl (C=O) groups is 1. The van der Waals surface area contributed by atoms with E-state index in [1.54, 1.807) is 23.9 Å². The Labute approximate surface area is 130 Å². The van der Waals surface area contributed by atoms with E-state index in [1.165, 1.54) is 0 Å². The summed E-state index contributed by atoms with van der Waals surface area (Å²) in [5.41, 5.74) is 2.52. The average Bonchev–Trinajstić information content (AvgIpc) is 2.48. The molecule has 20 heavy (non-hydrogen) atoms. The van der Waals surface area contributed by atoms with E-state index in [9.17, 15) is 4.79 Å². The maximum Gasteiger partial charge on any atom is 0.172 e. The summed E-state index contributed by atoms with van der Waals surface area (Å²) in [5, 5.41) is 8.72. The zero-order chi connectivity index (χ0) is 14.4. The molecular formula is C16H12BrNOS. The molecule has 2 aromatic rings. The molecule has 0 aromatic heterocycles. The predicted octanol–water partition coefficient (Wildman–Crippen LogP) is 4.44. The van der Waals surface area contributed by atoms with Gasteiger partial charge in [0.1, 0.15) is 0 Å². The summed E-state index contributed by atoms with van der Waals surface area (Å²) in [6.45, 7) is 0. The minimum Gasteiger partial charge on any atom is -0.293 e. The van der Waals surface area contributed by atoms with Crippen LogP contribution in [0.25, 0.3) is 0 Å². The number of nitriles is 1. The van der Waals surface area contributed by atoms with Crippen LogP contribution < -0.4 is 0 Å². The summed E-state index contributed by atoms with van der Waals surface area (Å²) in [6, 6.07) is 16.9. The number of hydrogen-bond donors (Lipinski definition) is 0. The zero-order valence-electron chi connectivity index (χ0n) is 10.7. The van der Waals surface area contributed by atoms with Gasteiger partial charge in [0, 0.05) is 15.8 Å². The first-order valence-corrected chi connectivity index (χ1v) is 7.99. The van der Waals surface area contributed by atoms with Crippen molar-refractivity contribution in [3.63, 3.8) is 0 Å². The number of benzene rings is 2. The first-order chi connectivity index (χ1) is 9.69. The Morgan fingerprint density at radius 3 is 2.35 bits per heavy atom. The molecule has 0 unspecified atom stereocenters. The summed E-state index contributed by atoms with van der Waals surface area (Å²) in [7, 11) is 0. The van der Waals surface area contributed by atoms with Crippen LogP contribution in [0, 0.1) is 11.3 Å². The summed E-state index contributed by atoms with van der Waals surface area (Å²) in [6.07, 6.45) is 0. The number of Topliss-reactive ketones (excluding diaryl/α,β-unsaturated/α-hetero) is 1. The summed E-state index contributed by atoms with van der Waals surface area (Å²) >= 11 is 4.93. The average molecular weight is 346 g/mol. The van der Waals surface area contributed by atoms with Gasteiger partial charge >= 0.3 is 0 Å². The molecule has 0 aliphatic carbocycles. The Hall–Kier alpha value is -1.57. The molecule has 2 aromatic carbocycles. The third-order valence-electron chi connectivity index (χ3n) is 2.75. The van der Waals surface area contributed by atoms with Gasteiger partial charge in [-0.3, -0.25) is 4.79 Å². The first kappa shape index (κ1) is 14.8. The van der Waals surface area contributed by atoms with Crippen LogP contribution in [0.2, 0.25) is 0 Å². The van der Waals surface area contributed by atoms with Gasteiger partial charge in [-0.05, 0) is 29.8 Å². The molecule has 0 atom stereocenters. The van der Waals surface area contributed by atoms with Gasteiger partial charge in [0.2, 0.25) is 0 Å². The van der Waals surface area contributed by atoms with Crippen molar-refractivity contribution in [1.29, 1.82) is 5.26 Å². The smallest absolute Gasteiger partial charge is 0.172 e. The molecule has 100 valence electrons. The lowest BCUT2D eigenvalue weighted by atomic mass is 10.2. The van der Waals surface area contributed by atoms with E-state index in [0.29, 0.717) is 11.3 Å². The van der Waals surface area contributed by atoms with Gasteiger partial charge in [0.05, 0.1) is 17.4 Å². The second-order valence-electron chi connectivity index (χ2n) is 4.23. The summed E-state index contributed by atoms with van der Waals surface area (Å²) < 4.78 is 0.972. The fraction of sp³-hybridized carbons (Fsp3) is 0.125. The van der Waals surface area contributed by atoms with E-state index in [4.69, 9.17) is 5.26 Å². The van der Waals surface area contributed by atoms with E-state index in [1.807, 2.05) is 36.4 Å². The van der Waals surface area contributed by atoms with Crippen LogP contribution in [0.4, 0.5) is 0 Å². The molecule has 0 aliphatic heterocycles. The molecule has 4 heteroatoms. The van der Waals surface area contributed by atoms with Crippen LogP contribution in [-0.4, -0.2) is 11.5 Å². The number of halogens is 1. The molecule has 0 fully saturated rings. The van der Waals surface area contributed by atoms with Gasteiger partial charge in [0.15, 0.2) is 5.78 Å². The molecule has 0 heterocycles. The van der Waals surface area contributed by atoms with Crippen LogP contribution in [-0.2, 0) is 5.75 Å². The van der Waals surface area contributed by atoms with Crippen molar-refractivity contribution in [2.45, 2.75) is 5.75 Å². The van der Waals surface area contributed by atoms with Gasteiger partial charge < -0.3 is 0 Å². The van der Waals surface area contributed by atoms with E-state index in [2.05, 4.69) is 22.0 Å². The topological polar surface area (TPSA) is 40.9 Å². The van der Waals surface area contributed by atoms with Crippen LogP contribution in [0.1, 0.15) is 21.5 Å². The SMILES string of the molecule is N#Cc1ccc(CSCC(=O)c2ccc(Br)cc2)cc1. The van der Waals surface area contributed by atoms with Crippen molar-refractivity contribution in [3.8, 4) is 6.07 Å². The van der Waals surface area contributed by atoms with Gasteiger partial charge in [-0.2, -0.15) is 5.26 Å². The molecule has 0 bridgehead atoms. The number of ketones is 1. The molecule has 0 saturated heterocycles. The Bertz CT molecular complexity index is 629. The van der Waals surface area contributed by atoms with E-state index in [-0.39, 0.29) is 5.78 Å². The highest BCUT2D eigenvalue weighted by molar-refractivity contribution is 9.10. The van der Waals surface area contributed by atoms with Crippen LogP contribution in [0.3, 0.4) is 0 Å². The molecular weight excluding hydrogens is 334 g/mol. The molecule has 0 aliphatic rings. The maximum absolute atomic E-state index is 12.0. The van der Waals surface area contributed by atoms with Crippen LogP contribution >= 0.6 is 27.7 Å². The fourth-order valence-electron chi connectivity index (χ4n) is 1.66. The molecule has 0 N–H and O–H groups in total. The zero-order valence-corrected chi connectivity index (χ0v) is 13.1. The van der Waals surface area contributed by atoms with E-state index in [0.717, 1.165) is 21.4 Å². The van der Waals surface area contributed by atoms with Crippen molar-refractivity contribution in [1.82, 2.24) is 0 Å². The Balaban J connectivity index is 1.84. The van der Waals surface area contributed by atoms with Crippen molar-refractivity contribution in [2.24, 2.45) is 0 Å². The Kier molecular flexibility index (Phi) is 5.40. The van der Waals surface area contributed by atoms with Gasteiger partial charge in [-0.1, -0.05) is 40.2 Å². The normalized spacial score (nSPS) is 10.0. The standard InChI is InChI=1S/C16H12BrNOS/c17-15-7-5-14(6-8-15)16(19)11-20-10-13-3-1-12(9-18)2-4-13/h1-8H,10-11H2. The van der Waals surface area contributed by atoms with E-state index >= 15 is 0 Å². The minimum atomic E-state index is 0.135. The Morgan fingerprint density at radius 2 is 1.75 bits per heavy atom. The fourth-order valence-corrected chi connectivity index (χ4v) is 2.80. The van der Waals surface area contributed by atoms with Crippen molar-refractivity contribution < 1.29 is 4.79 Å². The maximum atomic E-state index is 12.0. The van der Waals surface area contributed by atoms with Gasteiger partial charge in [0.25, 0.3) is 0 Å². The largest absolute Gasteiger partial charge is 0.293 e. The first-order valence-electron chi connectivity index (χ1n) is 6.04. The highest BCUT2D eigenvalue weighted by Gasteiger charge is 2.05. The molecule has 0 saturated carbocycles. The molecule has 2 nitrogen and oxygen atoms in total. The lowest BCUT2D eigenvalue weighted by Crippen LogP contribution is -2.02. The Morgan fingerprint density at radius 1 is 1.10 bits per heavy atom. The number of nitrogens with zero attached hydrogens (tertiary/aromatic N) is 1. The summed E-state index contributed by atoms with van der Waals surface area (Å²) in [5.74, 6) is 1.37. The highest BCUT2D eigenvalue weighted by atomic mass is 79.9. The number of thioether (sulfide) groups is 1.